The molecule has 168 valence electrons. The minimum atomic E-state index is -0.639. The van der Waals surface area contributed by atoms with Crippen LogP contribution in [0.1, 0.15) is 38.5 Å². The molecular weight excluding hydrogens is 399 g/mol. The second-order valence-electron chi connectivity index (χ2n) is 7.80. The van der Waals surface area contributed by atoms with Gasteiger partial charge in [0.05, 0.1) is 19.1 Å². The zero-order valence-corrected chi connectivity index (χ0v) is 17.8. The van der Waals surface area contributed by atoms with Crippen LogP contribution in [0.3, 0.4) is 0 Å². The lowest BCUT2D eigenvalue weighted by molar-refractivity contribution is -0.114. The van der Waals surface area contributed by atoms with E-state index >= 15 is 0 Å². The van der Waals surface area contributed by atoms with E-state index in [4.69, 9.17) is 15.9 Å². The van der Waals surface area contributed by atoms with Crippen LogP contribution in [0, 0.1) is 22.6 Å². The summed E-state index contributed by atoms with van der Waals surface area (Å²) >= 11 is 0. The molecule has 9 heteroatoms. The van der Waals surface area contributed by atoms with Crippen LogP contribution in [0.5, 0.6) is 0 Å². The van der Waals surface area contributed by atoms with Crippen LogP contribution < -0.4 is 21.7 Å². The van der Waals surface area contributed by atoms with Crippen molar-refractivity contribution in [1.82, 2.24) is 10.6 Å². The monoisotopic (exact) mass is 430 g/mol. The van der Waals surface area contributed by atoms with Crippen molar-refractivity contribution >= 4 is 17.4 Å². The number of nitriles is 1. The highest BCUT2D eigenvalue weighted by molar-refractivity contribution is 6.02. The summed E-state index contributed by atoms with van der Waals surface area (Å²) in [7, 11) is 1.67. The van der Waals surface area contributed by atoms with Crippen molar-refractivity contribution in [2.24, 2.45) is 5.73 Å². The first kappa shape index (κ1) is 24.3. The number of benzene rings is 1. The quantitative estimate of drug-likeness (QED) is 0.158. The summed E-state index contributed by atoms with van der Waals surface area (Å²) in [6.45, 7) is 1.44. The Labute approximate surface area is 182 Å². The van der Waals surface area contributed by atoms with E-state index in [0.29, 0.717) is 24.8 Å². The highest BCUT2D eigenvalue weighted by Crippen LogP contribution is 2.31. The molecule has 1 aliphatic rings. The Hall–Kier alpha value is -2.96. The van der Waals surface area contributed by atoms with Gasteiger partial charge in [-0.05, 0) is 49.9 Å². The third-order valence-electron chi connectivity index (χ3n) is 5.48. The molecule has 0 aromatic heterocycles. The van der Waals surface area contributed by atoms with Crippen LogP contribution in [0.25, 0.3) is 0 Å². The zero-order valence-electron chi connectivity index (χ0n) is 17.8. The summed E-state index contributed by atoms with van der Waals surface area (Å²) in [5.41, 5.74) is 5.86. The van der Waals surface area contributed by atoms with Crippen LogP contribution >= 0.6 is 0 Å². The molecule has 1 aliphatic carbocycles. The number of hydrogen-bond donors (Lipinski definition) is 5. The number of nitrogens with zero attached hydrogens (tertiary/aromatic N) is 1. The maximum Gasteiger partial charge on any atom is 0.246 e. The fourth-order valence-electron chi connectivity index (χ4n) is 3.65. The summed E-state index contributed by atoms with van der Waals surface area (Å²) in [6.07, 6.45) is 5.20. The van der Waals surface area contributed by atoms with Gasteiger partial charge in [-0.1, -0.05) is 0 Å². The molecular formula is C22H31FN6O2. The number of rotatable bonds is 11. The Kier molecular flexibility index (Phi) is 9.43. The van der Waals surface area contributed by atoms with Gasteiger partial charge in [-0.2, -0.15) is 5.26 Å². The predicted molar refractivity (Wildman–Crippen MR) is 118 cm³/mol. The Morgan fingerprint density at radius 3 is 2.65 bits per heavy atom. The number of carbonyl (C=O) groups excluding carboxylic acids is 1. The van der Waals surface area contributed by atoms with Gasteiger partial charge in [-0.3, -0.25) is 10.2 Å². The second-order valence-corrected chi connectivity index (χ2v) is 7.80. The fraction of sp³-hybridized carbons (Fsp3) is 0.500. The van der Waals surface area contributed by atoms with E-state index < -0.39 is 11.4 Å². The van der Waals surface area contributed by atoms with Gasteiger partial charge in [0.25, 0.3) is 0 Å². The number of hydrogen-bond acceptors (Lipinski definition) is 6. The fourth-order valence-corrected chi connectivity index (χ4v) is 3.65. The first-order valence-corrected chi connectivity index (χ1v) is 10.3. The van der Waals surface area contributed by atoms with Crippen molar-refractivity contribution in [3.63, 3.8) is 0 Å². The van der Waals surface area contributed by atoms with Gasteiger partial charge in [0.1, 0.15) is 11.7 Å². The highest BCUT2D eigenvalue weighted by Gasteiger charge is 2.34. The average molecular weight is 431 g/mol. The maximum absolute atomic E-state index is 13.0. The number of amides is 1. The predicted octanol–water partition coefficient (Wildman–Crippen LogP) is 2.39. The molecule has 0 atom stereocenters. The van der Waals surface area contributed by atoms with Crippen molar-refractivity contribution < 1.29 is 13.9 Å². The molecule has 0 heterocycles. The van der Waals surface area contributed by atoms with E-state index in [-0.39, 0.29) is 23.6 Å². The molecule has 0 bridgehead atoms. The minimum Gasteiger partial charge on any atom is -0.384 e. The summed E-state index contributed by atoms with van der Waals surface area (Å²) in [5, 5.41) is 27.0. The summed E-state index contributed by atoms with van der Waals surface area (Å²) in [6, 6.07) is 8.21. The smallest absolute Gasteiger partial charge is 0.246 e. The third kappa shape index (κ3) is 8.00. The molecule has 31 heavy (non-hydrogen) atoms. The van der Waals surface area contributed by atoms with Gasteiger partial charge < -0.3 is 26.4 Å². The van der Waals surface area contributed by atoms with Gasteiger partial charge in [-0.25, -0.2) is 4.39 Å². The Morgan fingerprint density at radius 2 is 2.06 bits per heavy atom. The molecule has 1 saturated carbocycles. The molecule has 1 aromatic rings. The van der Waals surface area contributed by atoms with E-state index in [9.17, 15) is 14.4 Å². The van der Waals surface area contributed by atoms with E-state index in [1.54, 1.807) is 13.3 Å². The topological polar surface area (TPSA) is 136 Å². The molecule has 0 aliphatic heterocycles. The highest BCUT2D eigenvalue weighted by atomic mass is 19.1. The van der Waals surface area contributed by atoms with E-state index in [1.807, 2.05) is 0 Å². The van der Waals surface area contributed by atoms with Gasteiger partial charge in [0, 0.05) is 49.1 Å². The molecule has 6 N–H and O–H groups in total. The number of halogens is 1. The van der Waals surface area contributed by atoms with Crippen molar-refractivity contribution in [2.45, 2.75) is 50.1 Å². The second kappa shape index (κ2) is 12.0. The van der Waals surface area contributed by atoms with Crippen LogP contribution in [-0.2, 0) is 9.53 Å². The Bertz CT molecular complexity index is 810. The number of amidine groups is 1. The van der Waals surface area contributed by atoms with Crippen molar-refractivity contribution in [1.29, 1.82) is 10.7 Å². The molecule has 2 rings (SSSR count). The van der Waals surface area contributed by atoms with Crippen molar-refractivity contribution in [3.05, 3.63) is 41.9 Å². The third-order valence-corrected chi connectivity index (χ3v) is 5.48. The van der Waals surface area contributed by atoms with E-state index in [1.165, 1.54) is 24.3 Å². The van der Waals surface area contributed by atoms with Crippen molar-refractivity contribution in [3.8, 4) is 6.07 Å². The molecule has 0 radical (unpaired) electrons. The minimum absolute atomic E-state index is 0.0104. The van der Waals surface area contributed by atoms with E-state index in [2.05, 4.69) is 22.0 Å². The average Bonchev–Trinajstić information content (AvgIpc) is 2.74. The molecule has 0 spiro atoms. The van der Waals surface area contributed by atoms with Gasteiger partial charge in [-0.15, -0.1) is 0 Å². The number of nitrogens with one attached hydrogen (secondary N) is 4. The standard InChI is InChI=1S/C22H31FN6O2/c1-31-13-12-27-18-6-8-22(9-7-18,10-11-24)28-15-16(21(26)30)14-20(25)29-19-4-2-17(23)3-5-19/h2-5,15,18,27-28H,6-10,12-14H2,1H3,(H2,25,29)(H2,26,30)/b16-15+. The normalized spacial score (nSPS) is 21.2. The van der Waals surface area contributed by atoms with Crippen LogP contribution in [0.4, 0.5) is 10.1 Å². The first-order valence-electron chi connectivity index (χ1n) is 10.3. The summed E-state index contributed by atoms with van der Waals surface area (Å²) in [4.78, 5) is 11.9. The Morgan fingerprint density at radius 1 is 1.39 bits per heavy atom. The summed E-state index contributed by atoms with van der Waals surface area (Å²) < 4.78 is 18.1. The lowest BCUT2D eigenvalue weighted by Crippen LogP contribution is -2.49. The van der Waals surface area contributed by atoms with Crippen LogP contribution in [0.2, 0.25) is 0 Å². The molecule has 1 fully saturated rings. The van der Waals surface area contributed by atoms with Gasteiger partial charge in [0.2, 0.25) is 5.91 Å². The number of methoxy groups -OCH3 is 1. The van der Waals surface area contributed by atoms with Gasteiger partial charge in [0.15, 0.2) is 0 Å². The largest absolute Gasteiger partial charge is 0.384 e. The van der Waals surface area contributed by atoms with Crippen LogP contribution in [-0.4, -0.2) is 43.6 Å². The SMILES string of the molecule is COCCNC1CCC(CC#N)(N/C=C(\CC(=N)Nc2ccc(F)cc2)C(N)=O)CC1. The van der Waals surface area contributed by atoms with Crippen LogP contribution in [0.15, 0.2) is 36.0 Å². The summed E-state index contributed by atoms with van der Waals surface area (Å²) in [5.74, 6) is -0.954. The Balaban J connectivity index is 1.98. The maximum atomic E-state index is 13.0. The molecule has 1 aromatic carbocycles. The van der Waals surface area contributed by atoms with E-state index in [0.717, 1.165) is 32.2 Å². The lowest BCUT2D eigenvalue weighted by Gasteiger charge is -2.39. The number of anilines is 1. The number of primary amides is 1. The molecule has 0 saturated heterocycles. The number of ether oxygens (including phenoxy) is 1. The molecule has 1 amide bonds. The number of carbonyl (C=O) groups is 1. The van der Waals surface area contributed by atoms with Gasteiger partial charge >= 0.3 is 0 Å². The lowest BCUT2D eigenvalue weighted by atomic mass is 9.77. The zero-order chi connectivity index (χ0) is 22.7. The molecule has 8 nitrogen and oxygen atoms in total. The molecule has 0 unspecified atom stereocenters. The van der Waals surface area contributed by atoms with Crippen molar-refractivity contribution in [2.75, 3.05) is 25.6 Å². The number of nitrogens with two attached hydrogens (primary N) is 1. The first-order chi connectivity index (χ1) is 14.9.